The lowest BCUT2D eigenvalue weighted by Crippen LogP contribution is -2.48. The summed E-state index contributed by atoms with van der Waals surface area (Å²) in [4.78, 5) is 11.9. The molecule has 1 aliphatic carbocycles. The highest BCUT2D eigenvalue weighted by atomic mass is 19.4. The topological polar surface area (TPSA) is 67.1 Å². The van der Waals surface area contributed by atoms with Crippen LogP contribution in [0.4, 0.5) is 18.9 Å². The lowest BCUT2D eigenvalue weighted by atomic mass is 10.1. The van der Waals surface area contributed by atoms with Gasteiger partial charge in [0.25, 0.3) is 5.91 Å². The number of halogens is 3. The van der Waals surface area contributed by atoms with Crippen LogP contribution in [0.2, 0.25) is 0 Å². The van der Waals surface area contributed by atoms with Crippen molar-refractivity contribution in [2.24, 2.45) is 5.84 Å². The van der Waals surface area contributed by atoms with Crippen LogP contribution in [0.5, 0.6) is 0 Å². The number of nitrogens with one attached hydrogen (secondary N) is 2. The van der Waals surface area contributed by atoms with E-state index in [1.54, 1.807) is 13.0 Å². The molecular formula is C12H14F3N3O. The van der Waals surface area contributed by atoms with Gasteiger partial charge in [-0.15, -0.1) is 0 Å². The normalized spacial score (nSPS) is 16.9. The van der Waals surface area contributed by atoms with Crippen molar-refractivity contribution in [3.05, 3.63) is 29.3 Å². The molecule has 1 aliphatic rings. The number of anilines is 1. The van der Waals surface area contributed by atoms with Crippen molar-refractivity contribution >= 4 is 11.6 Å². The molecule has 0 aliphatic heterocycles. The Bertz CT molecular complexity index is 509. The molecule has 4 nitrogen and oxygen atoms in total. The summed E-state index contributed by atoms with van der Waals surface area (Å²) in [5, 5.41) is 2.09. The minimum atomic E-state index is -4.41. The van der Waals surface area contributed by atoms with E-state index >= 15 is 0 Å². The average Bonchev–Trinajstić information content (AvgIpc) is 3.08. The standard InChI is InChI=1S/C12H14F3N3O/c1-7-6-8(18-16)2-3-9(7)10(19)17-11(4-5-11)12(13,14)15/h2-3,6,18H,4-5,16H2,1H3,(H,17,19). The highest BCUT2D eigenvalue weighted by Crippen LogP contribution is 2.49. The zero-order valence-electron chi connectivity index (χ0n) is 10.3. The van der Waals surface area contributed by atoms with Crippen LogP contribution in [-0.2, 0) is 0 Å². The van der Waals surface area contributed by atoms with Crippen molar-refractivity contribution in [3.8, 4) is 0 Å². The minimum Gasteiger partial charge on any atom is -0.338 e. The molecule has 0 bridgehead atoms. The summed E-state index contributed by atoms with van der Waals surface area (Å²) in [5.41, 5.74) is 1.73. The van der Waals surface area contributed by atoms with E-state index in [0.717, 1.165) is 0 Å². The van der Waals surface area contributed by atoms with Gasteiger partial charge >= 0.3 is 6.18 Å². The molecule has 4 N–H and O–H groups in total. The number of amides is 1. The van der Waals surface area contributed by atoms with Gasteiger partial charge < -0.3 is 10.7 Å². The predicted molar refractivity (Wildman–Crippen MR) is 64.5 cm³/mol. The van der Waals surface area contributed by atoms with Gasteiger partial charge in [-0.25, -0.2) is 0 Å². The molecule has 2 rings (SSSR count). The number of benzene rings is 1. The number of nitrogens with two attached hydrogens (primary N) is 1. The molecule has 1 aromatic rings. The van der Waals surface area contributed by atoms with E-state index in [9.17, 15) is 18.0 Å². The van der Waals surface area contributed by atoms with Crippen LogP contribution in [0, 0.1) is 6.92 Å². The van der Waals surface area contributed by atoms with Crippen LogP contribution in [0.15, 0.2) is 18.2 Å². The minimum absolute atomic E-state index is 0.0657. The Morgan fingerprint density at radius 1 is 1.37 bits per heavy atom. The molecule has 0 spiro atoms. The summed E-state index contributed by atoms with van der Waals surface area (Å²) in [6.07, 6.45) is -4.54. The molecule has 0 saturated heterocycles. The average molecular weight is 273 g/mol. The second-order valence-electron chi connectivity index (χ2n) is 4.71. The number of alkyl halides is 3. The molecule has 19 heavy (non-hydrogen) atoms. The SMILES string of the molecule is Cc1cc(NN)ccc1C(=O)NC1(C(F)(F)F)CC1. The van der Waals surface area contributed by atoms with Gasteiger partial charge in [-0.2, -0.15) is 13.2 Å². The smallest absolute Gasteiger partial charge is 0.338 e. The molecule has 1 aromatic carbocycles. The summed E-state index contributed by atoms with van der Waals surface area (Å²) in [5.74, 6) is 4.50. The Hall–Kier alpha value is -1.76. The number of carbonyl (C=O) groups excluding carboxylic acids is 1. The third kappa shape index (κ3) is 2.51. The van der Waals surface area contributed by atoms with E-state index in [2.05, 4.69) is 10.7 Å². The zero-order valence-corrected chi connectivity index (χ0v) is 10.3. The Kier molecular flexibility index (Phi) is 3.17. The molecule has 0 heterocycles. The van der Waals surface area contributed by atoms with Crippen LogP contribution in [0.3, 0.4) is 0 Å². The molecule has 0 aromatic heterocycles. The number of carbonyl (C=O) groups is 1. The lowest BCUT2D eigenvalue weighted by Gasteiger charge is -2.21. The molecule has 7 heteroatoms. The van der Waals surface area contributed by atoms with Crippen molar-refractivity contribution < 1.29 is 18.0 Å². The van der Waals surface area contributed by atoms with Crippen molar-refractivity contribution in [2.75, 3.05) is 5.43 Å². The second kappa shape index (κ2) is 4.41. The molecule has 1 saturated carbocycles. The molecule has 1 amide bonds. The predicted octanol–water partition coefficient (Wildman–Crippen LogP) is 2.11. The van der Waals surface area contributed by atoms with E-state index in [1.165, 1.54) is 12.1 Å². The van der Waals surface area contributed by atoms with Gasteiger partial charge in [0.1, 0.15) is 5.54 Å². The fourth-order valence-corrected chi connectivity index (χ4v) is 1.90. The first kappa shape index (κ1) is 13.7. The monoisotopic (exact) mass is 273 g/mol. The highest BCUT2D eigenvalue weighted by molar-refractivity contribution is 5.96. The van der Waals surface area contributed by atoms with Crippen molar-refractivity contribution in [1.82, 2.24) is 5.32 Å². The van der Waals surface area contributed by atoms with E-state index in [-0.39, 0.29) is 18.4 Å². The summed E-state index contributed by atoms with van der Waals surface area (Å²) < 4.78 is 38.2. The first-order valence-electron chi connectivity index (χ1n) is 5.75. The number of rotatable bonds is 3. The van der Waals surface area contributed by atoms with Crippen LogP contribution < -0.4 is 16.6 Å². The van der Waals surface area contributed by atoms with Gasteiger partial charge in [-0.1, -0.05) is 0 Å². The van der Waals surface area contributed by atoms with Crippen molar-refractivity contribution in [3.63, 3.8) is 0 Å². The zero-order chi connectivity index (χ0) is 14.3. The highest BCUT2D eigenvalue weighted by Gasteiger charge is 2.64. The van der Waals surface area contributed by atoms with Crippen LogP contribution in [0.25, 0.3) is 0 Å². The van der Waals surface area contributed by atoms with Crippen molar-refractivity contribution in [1.29, 1.82) is 0 Å². The van der Waals surface area contributed by atoms with E-state index < -0.39 is 17.6 Å². The lowest BCUT2D eigenvalue weighted by molar-refractivity contribution is -0.163. The molecule has 0 atom stereocenters. The van der Waals surface area contributed by atoms with Gasteiger partial charge in [0.2, 0.25) is 0 Å². The molecule has 1 fully saturated rings. The van der Waals surface area contributed by atoms with Gasteiger partial charge in [0.05, 0.1) is 0 Å². The van der Waals surface area contributed by atoms with Gasteiger partial charge in [0, 0.05) is 11.3 Å². The van der Waals surface area contributed by atoms with Crippen LogP contribution in [-0.4, -0.2) is 17.6 Å². The number of hydrogen-bond donors (Lipinski definition) is 3. The maximum Gasteiger partial charge on any atom is 0.411 e. The number of hydrogen-bond acceptors (Lipinski definition) is 3. The quantitative estimate of drug-likeness (QED) is 0.583. The summed E-state index contributed by atoms with van der Waals surface area (Å²) in [6, 6.07) is 4.59. The first-order valence-corrected chi connectivity index (χ1v) is 5.75. The maximum atomic E-state index is 12.7. The van der Waals surface area contributed by atoms with Gasteiger partial charge in [0.15, 0.2) is 0 Å². The van der Waals surface area contributed by atoms with Gasteiger partial charge in [-0.3, -0.25) is 10.6 Å². The molecule has 0 unspecified atom stereocenters. The Labute approximate surface area is 108 Å². The fourth-order valence-electron chi connectivity index (χ4n) is 1.90. The van der Waals surface area contributed by atoms with Crippen molar-refractivity contribution in [2.45, 2.75) is 31.5 Å². The maximum absolute atomic E-state index is 12.7. The summed E-state index contributed by atoms with van der Waals surface area (Å²) in [7, 11) is 0. The third-order valence-electron chi connectivity index (χ3n) is 3.28. The third-order valence-corrected chi connectivity index (χ3v) is 3.28. The van der Waals surface area contributed by atoms with E-state index in [4.69, 9.17) is 5.84 Å². The van der Waals surface area contributed by atoms with Crippen LogP contribution >= 0.6 is 0 Å². The fraction of sp³-hybridized carbons (Fsp3) is 0.417. The largest absolute Gasteiger partial charge is 0.411 e. The second-order valence-corrected chi connectivity index (χ2v) is 4.71. The van der Waals surface area contributed by atoms with E-state index in [1.807, 2.05) is 0 Å². The first-order chi connectivity index (χ1) is 8.79. The number of nitrogen functional groups attached to an aromatic ring is 1. The molecule has 0 radical (unpaired) electrons. The number of hydrazine groups is 1. The Balaban J connectivity index is 2.18. The Morgan fingerprint density at radius 3 is 2.42 bits per heavy atom. The number of aryl methyl sites for hydroxylation is 1. The van der Waals surface area contributed by atoms with Crippen LogP contribution in [0.1, 0.15) is 28.8 Å². The van der Waals surface area contributed by atoms with Gasteiger partial charge in [-0.05, 0) is 43.5 Å². The molecule has 104 valence electrons. The summed E-state index contributed by atoms with van der Waals surface area (Å²) >= 11 is 0. The van der Waals surface area contributed by atoms with E-state index in [0.29, 0.717) is 11.3 Å². The Morgan fingerprint density at radius 2 is 2.00 bits per heavy atom. The summed E-state index contributed by atoms with van der Waals surface area (Å²) in [6.45, 7) is 1.64. The molecular weight excluding hydrogens is 259 g/mol.